The molecule has 0 heterocycles. The highest BCUT2D eigenvalue weighted by atomic mass is 16.3. The summed E-state index contributed by atoms with van der Waals surface area (Å²) in [6.45, 7) is 5.42. The van der Waals surface area contributed by atoms with Crippen LogP contribution < -0.4 is 5.32 Å². The third kappa shape index (κ3) is 3.06. The van der Waals surface area contributed by atoms with E-state index in [0.717, 1.165) is 12.5 Å². The second kappa shape index (κ2) is 4.98. The lowest BCUT2D eigenvalue weighted by Gasteiger charge is -2.17. The molecule has 0 saturated heterocycles. The van der Waals surface area contributed by atoms with Crippen LogP contribution in [0.4, 0.5) is 0 Å². The van der Waals surface area contributed by atoms with Gasteiger partial charge in [-0.1, -0.05) is 29.3 Å². The highest BCUT2D eigenvalue weighted by molar-refractivity contribution is 5.30. The maximum absolute atomic E-state index is 9.43. The van der Waals surface area contributed by atoms with Crippen LogP contribution >= 0.6 is 0 Å². The van der Waals surface area contributed by atoms with Crippen molar-refractivity contribution in [3.05, 3.63) is 34.9 Å². The first kappa shape index (κ1) is 11.6. The fourth-order valence-corrected chi connectivity index (χ4v) is 2.13. The van der Waals surface area contributed by atoms with E-state index in [-0.39, 0.29) is 12.6 Å². The van der Waals surface area contributed by atoms with Crippen molar-refractivity contribution < 1.29 is 5.11 Å². The summed E-state index contributed by atoms with van der Waals surface area (Å²) in [6, 6.07) is 6.58. The van der Waals surface area contributed by atoms with E-state index in [2.05, 4.69) is 37.4 Å². The molecule has 0 bridgehead atoms. The Balaban J connectivity index is 2.04. The molecule has 16 heavy (non-hydrogen) atoms. The Bertz CT molecular complexity index is 338. The highest BCUT2D eigenvalue weighted by Gasteiger charge is 2.22. The zero-order valence-corrected chi connectivity index (χ0v) is 10.2. The molecular formula is C14H21NO. The molecule has 0 radical (unpaired) electrons. The van der Waals surface area contributed by atoms with Crippen LogP contribution in [0.5, 0.6) is 0 Å². The second-order valence-electron chi connectivity index (χ2n) is 5.01. The van der Waals surface area contributed by atoms with Crippen LogP contribution in [0, 0.1) is 19.8 Å². The van der Waals surface area contributed by atoms with E-state index in [1.54, 1.807) is 0 Å². The standard InChI is InChI=1S/C14H21NO/c1-10-5-11(2)7-13(6-10)14(9-16)15-8-12-3-4-12/h5-7,12,14-16H,3-4,8-9H2,1-2H3. The summed E-state index contributed by atoms with van der Waals surface area (Å²) >= 11 is 0. The van der Waals surface area contributed by atoms with Crippen molar-refractivity contribution in [1.29, 1.82) is 0 Å². The summed E-state index contributed by atoms with van der Waals surface area (Å²) in [5, 5.41) is 12.9. The van der Waals surface area contributed by atoms with E-state index in [1.165, 1.54) is 29.5 Å². The number of rotatable bonds is 5. The van der Waals surface area contributed by atoms with Gasteiger partial charge in [0.05, 0.1) is 12.6 Å². The number of aryl methyl sites for hydroxylation is 2. The van der Waals surface area contributed by atoms with Crippen LogP contribution in [-0.2, 0) is 0 Å². The highest BCUT2D eigenvalue weighted by Crippen LogP contribution is 2.28. The van der Waals surface area contributed by atoms with Crippen LogP contribution in [0.25, 0.3) is 0 Å². The first-order valence-corrected chi connectivity index (χ1v) is 6.11. The molecule has 1 saturated carbocycles. The Kier molecular flexibility index (Phi) is 3.62. The van der Waals surface area contributed by atoms with Gasteiger partial charge in [-0.2, -0.15) is 0 Å². The van der Waals surface area contributed by atoms with Gasteiger partial charge in [0.1, 0.15) is 0 Å². The molecule has 2 rings (SSSR count). The average molecular weight is 219 g/mol. The Labute approximate surface area is 97.7 Å². The Morgan fingerprint density at radius 3 is 2.38 bits per heavy atom. The van der Waals surface area contributed by atoms with Gasteiger partial charge in [0.2, 0.25) is 0 Å². The Morgan fingerprint density at radius 2 is 1.88 bits per heavy atom. The minimum Gasteiger partial charge on any atom is -0.394 e. The van der Waals surface area contributed by atoms with Gasteiger partial charge >= 0.3 is 0 Å². The fraction of sp³-hybridized carbons (Fsp3) is 0.571. The topological polar surface area (TPSA) is 32.3 Å². The molecule has 1 aromatic carbocycles. The molecule has 0 aromatic heterocycles. The number of nitrogens with one attached hydrogen (secondary N) is 1. The predicted octanol–water partition coefficient (Wildman–Crippen LogP) is 2.34. The zero-order valence-electron chi connectivity index (χ0n) is 10.2. The van der Waals surface area contributed by atoms with Crippen LogP contribution in [0.15, 0.2) is 18.2 Å². The average Bonchev–Trinajstić information content (AvgIpc) is 3.01. The van der Waals surface area contributed by atoms with Crippen molar-refractivity contribution >= 4 is 0 Å². The Hall–Kier alpha value is -0.860. The molecule has 1 atom stereocenters. The summed E-state index contributed by atoms with van der Waals surface area (Å²) in [5.74, 6) is 0.847. The van der Waals surface area contributed by atoms with Crippen molar-refractivity contribution in [3.63, 3.8) is 0 Å². The number of hydrogen-bond acceptors (Lipinski definition) is 2. The smallest absolute Gasteiger partial charge is 0.0626 e. The number of aliphatic hydroxyl groups is 1. The van der Waals surface area contributed by atoms with E-state index >= 15 is 0 Å². The number of hydrogen-bond donors (Lipinski definition) is 2. The summed E-state index contributed by atoms with van der Waals surface area (Å²) in [7, 11) is 0. The van der Waals surface area contributed by atoms with Crippen molar-refractivity contribution in [2.24, 2.45) is 5.92 Å². The van der Waals surface area contributed by atoms with Gasteiger partial charge < -0.3 is 10.4 Å². The predicted molar refractivity (Wildman–Crippen MR) is 66.5 cm³/mol. The largest absolute Gasteiger partial charge is 0.394 e. The lowest BCUT2D eigenvalue weighted by Crippen LogP contribution is -2.26. The van der Waals surface area contributed by atoms with Crippen molar-refractivity contribution in [2.45, 2.75) is 32.7 Å². The van der Waals surface area contributed by atoms with Gasteiger partial charge in [0.15, 0.2) is 0 Å². The maximum Gasteiger partial charge on any atom is 0.0626 e. The van der Waals surface area contributed by atoms with E-state index in [9.17, 15) is 5.11 Å². The minimum absolute atomic E-state index is 0.0965. The van der Waals surface area contributed by atoms with Crippen molar-refractivity contribution in [2.75, 3.05) is 13.2 Å². The van der Waals surface area contributed by atoms with Gasteiger partial charge in [0, 0.05) is 0 Å². The first-order chi connectivity index (χ1) is 7.69. The normalized spacial score (nSPS) is 17.4. The molecule has 1 fully saturated rings. The lowest BCUT2D eigenvalue weighted by molar-refractivity contribution is 0.243. The number of aliphatic hydroxyl groups excluding tert-OH is 1. The lowest BCUT2D eigenvalue weighted by atomic mass is 10.0. The third-order valence-electron chi connectivity index (χ3n) is 3.18. The second-order valence-corrected chi connectivity index (χ2v) is 5.01. The van der Waals surface area contributed by atoms with Gasteiger partial charge in [-0.05, 0) is 44.7 Å². The van der Waals surface area contributed by atoms with Crippen molar-refractivity contribution in [1.82, 2.24) is 5.32 Å². The summed E-state index contributed by atoms with van der Waals surface area (Å²) in [6.07, 6.45) is 2.69. The molecule has 2 heteroatoms. The van der Waals surface area contributed by atoms with E-state index in [4.69, 9.17) is 0 Å². The van der Waals surface area contributed by atoms with Gasteiger partial charge in [-0.15, -0.1) is 0 Å². The van der Waals surface area contributed by atoms with Gasteiger partial charge in [-0.25, -0.2) is 0 Å². The molecule has 1 aliphatic carbocycles. The molecular weight excluding hydrogens is 198 g/mol. The van der Waals surface area contributed by atoms with E-state index < -0.39 is 0 Å². The first-order valence-electron chi connectivity index (χ1n) is 6.11. The van der Waals surface area contributed by atoms with Crippen LogP contribution in [0.2, 0.25) is 0 Å². The molecule has 0 spiro atoms. The molecule has 1 aromatic rings. The van der Waals surface area contributed by atoms with Crippen LogP contribution in [0.3, 0.4) is 0 Å². The molecule has 88 valence electrons. The van der Waals surface area contributed by atoms with Gasteiger partial charge in [0.25, 0.3) is 0 Å². The number of benzene rings is 1. The van der Waals surface area contributed by atoms with Crippen molar-refractivity contribution in [3.8, 4) is 0 Å². The van der Waals surface area contributed by atoms with E-state index in [0.29, 0.717) is 0 Å². The minimum atomic E-state index is 0.0965. The molecule has 2 nitrogen and oxygen atoms in total. The van der Waals surface area contributed by atoms with Crippen LogP contribution in [0.1, 0.15) is 35.6 Å². The molecule has 0 amide bonds. The monoisotopic (exact) mass is 219 g/mol. The zero-order chi connectivity index (χ0) is 11.5. The third-order valence-corrected chi connectivity index (χ3v) is 3.18. The molecule has 0 aliphatic heterocycles. The van der Waals surface area contributed by atoms with E-state index in [1.807, 2.05) is 0 Å². The Morgan fingerprint density at radius 1 is 1.25 bits per heavy atom. The SMILES string of the molecule is Cc1cc(C)cc(C(CO)NCC2CC2)c1. The van der Waals surface area contributed by atoms with Gasteiger partial charge in [-0.3, -0.25) is 0 Å². The van der Waals surface area contributed by atoms with Crippen LogP contribution in [-0.4, -0.2) is 18.3 Å². The maximum atomic E-state index is 9.43. The molecule has 2 N–H and O–H groups in total. The summed E-state index contributed by atoms with van der Waals surface area (Å²) < 4.78 is 0. The molecule has 1 unspecified atom stereocenters. The fourth-order valence-electron chi connectivity index (χ4n) is 2.13. The summed E-state index contributed by atoms with van der Waals surface area (Å²) in [4.78, 5) is 0. The summed E-state index contributed by atoms with van der Waals surface area (Å²) in [5.41, 5.74) is 3.74. The molecule has 1 aliphatic rings. The quantitative estimate of drug-likeness (QED) is 0.796.